The van der Waals surface area contributed by atoms with Gasteiger partial charge in [0.05, 0.1) is 44.1 Å². The molecule has 21 N–H and O–H groups in total. The van der Waals surface area contributed by atoms with E-state index in [1.165, 1.54) is 38.1 Å². The first kappa shape index (κ1) is 77.9. The van der Waals surface area contributed by atoms with Gasteiger partial charge in [0, 0.05) is 13.0 Å². The van der Waals surface area contributed by atoms with Crippen molar-refractivity contribution in [3.8, 4) is 0 Å². The van der Waals surface area contributed by atoms with Crippen molar-refractivity contribution >= 4 is 70.9 Å². The van der Waals surface area contributed by atoms with Crippen LogP contribution in [0.5, 0.6) is 0 Å². The van der Waals surface area contributed by atoms with Gasteiger partial charge in [0.1, 0.15) is 54.4 Å². The monoisotopic (exact) mass is 1290 g/mol. The third-order valence-electron chi connectivity index (χ3n) is 14.6. The highest BCUT2D eigenvalue weighted by atomic mass is 16.3. The molecule has 0 saturated carbocycles. The second kappa shape index (κ2) is 36.7. The van der Waals surface area contributed by atoms with Gasteiger partial charge < -0.3 is 96.1 Å². The van der Waals surface area contributed by atoms with Crippen molar-refractivity contribution in [2.75, 3.05) is 26.3 Å². The van der Waals surface area contributed by atoms with Gasteiger partial charge in [0.25, 0.3) is 0 Å². The Bertz CT molecular complexity index is 2850. The molecule has 1 aliphatic heterocycles. The van der Waals surface area contributed by atoms with E-state index in [0.717, 1.165) is 6.92 Å². The number of benzene rings is 2. The van der Waals surface area contributed by atoms with E-state index in [2.05, 4.69) is 63.5 Å². The van der Waals surface area contributed by atoms with Gasteiger partial charge in [0.2, 0.25) is 65.0 Å². The number of guanidine groups is 1. The molecule has 30 nitrogen and oxygen atoms in total. The molecule has 13 atom stereocenters. The topological polar surface area (TPSA) is 491 Å². The lowest BCUT2D eigenvalue weighted by Gasteiger charge is -2.35. The maximum absolute atomic E-state index is 15.5. The van der Waals surface area contributed by atoms with Gasteiger partial charge in [-0.05, 0) is 72.8 Å². The lowest BCUT2D eigenvalue weighted by molar-refractivity contribution is -0.139. The summed E-state index contributed by atoms with van der Waals surface area (Å²) in [6.07, 6.45) is -3.75. The number of carbonyl (C=O) groups is 11. The van der Waals surface area contributed by atoms with Crippen molar-refractivity contribution in [1.82, 2.24) is 58.5 Å². The first-order valence-corrected chi connectivity index (χ1v) is 30.7. The maximum Gasteiger partial charge on any atom is 0.245 e. The van der Waals surface area contributed by atoms with Crippen molar-refractivity contribution in [3.63, 3.8) is 0 Å². The smallest absolute Gasteiger partial charge is 0.245 e. The van der Waals surface area contributed by atoms with Crippen LogP contribution in [0.25, 0.3) is 0 Å². The van der Waals surface area contributed by atoms with Gasteiger partial charge in [0.15, 0.2) is 5.96 Å². The molecular formula is C62H99N15O15. The standard InChI is InChI=1S/C62H99N15O15/c1-32(2)25-39-52(85)69-38(23-18-24-66-60(64)65)51(84)70-40(26-35-19-14-12-15-20-35)53(86)74-45(34(5)80)57(90)67-29-44(81)68-42(30-78)55(88)73-43(31-79)56(89)75-46(36-21-16-13-17-22-36)47(58(91)77-48(59(92)71-39)49(82)33(3)4)76-54(87)41(28-62(9,10)11)72-50(83)37(63)27-61(6,7)8/h12-17,19-22,32-34,37-43,45-49,78-80,82H,18,23-31,63H2,1-11H3,(H,67,90)(H,68,81)(H,69,85)(H,70,84)(H,71,92)(H,72,83)(H,73,88)(H,74,86)(H,75,89)(H,76,87)(H,77,91)(H4,64,65,66)/t34-,37+,38+,39-,40-,41-,42-,43?,45-,46+,47-,48-,49+/m0/s1. The zero-order valence-electron chi connectivity index (χ0n) is 54.5. The fourth-order valence-electron chi connectivity index (χ4n) is 9.80. The molecule has 1 aliphatic rings. The van der Waals surface area contributed by atoms with E-state index < -0.39 is 180 Å². The Morgan fingerprint density at radius 1 is 0.598 bits per heavy atom. The second-order valence-electron chi connectivity index (χ2n) is 26.2. The molecule has 0 radical (unpaired) electrons. The van der Waals surface area contributed by atoms with Crippen LogP contribution in [-0.4, -0.2) is 190 Å². The molecule has 11 amide bonds. The number of aliphatic hydroxyl groups is 4. The minimum absolute atomic E-state index is 0.0383. The molecule has 512 valence electrons. The third kappa shape index (κ3) is 26.5. The highest BCUT2D eigenvalue weighted by molar-refractivity contribution is 6.00. The highest BCUT2D eigenvalue weighted by Gasteiger charge is 2.42. The predicted molar refractivity (Wildman–Crippen MR) is 340 cm³/mol. The van der Waals surface area contributed by atoms with E-state index in [4.69, 9.17) is 17.2 Å². The molecule has 3 rings (SSSR count). The van der Waals surface area contributed by atoms with Crippen molar-refractivity contribution < 1.29 is 73.2 Å². The van der Waals surface area contributed by atoms with Crippen LogP contribution in [0.4, 0.5) is 0 Å². The number of hydrogen-bond acceptors (Lipinski definition) is 17. The van der Waals surface area contributed by atoms with Crippen LogP contribution < -0.4 is 75.7 Å². The summed E-state index contributed by atoms with van der Waals surface area (Å²) < 4.78 is 0. The van der Waals surface area contributed by atoms with Gasteiger partial charge >= 0.3 is 0 Å². The number of carbonyl (C=O) groups excluding carboxylic acids is 11. The van der Waals surface area contributed by atoms with E-state index >= 15 is 4.79 Å². The minimum Gasteiger partial charge on any atom is -0.394 e. The van der Waals surface area contributed by atoms with E-state index in [1.54, 1.807) is 71.0 Å². The Balaban J connectivity index is 2.39. The zero-order chi connectivity index (χ0) is 69.4. The van der Waals surface area contributed by atoms with E-state index in [0.29, 0.717) is 5.56 Å². The predicted octanol–water partition coefficient (Wildman–Crippen LogP) is -3.74. The van der Waals surface area contributed by atoms with E-state index in [9.17, 15) is 68.4 Å². The fraction of sp³-hybridized carbons (Fsp3) is 0.613. The Labute approximate surface area is 537 Å². The van der Waals surface area contributed by atoms with Crippen molar-refractivity contribution in [2.45, 2.75) is 193 Å². The quantitative estimate of drug-likeness (QED) is 0.0344. The van der Waals surface area contributed by atoms with Crippen LogP contribution in [0.3, 0.4) is 0 Å². The van der Waals surface area contributed by atoms with Crippen molar-refractivity contribution in [3.05, 3.63) is 71.8 Å². The molecule has 0 bridgehead atoms. The molecule has 2 aromatic carbocycles. The molecule has 0 aromatic heterocycles. The molecule has 1 unspecified atom stereocenters. The van der Waals surface area contributed by atoms with Gasteiger partial charge in [-0.3, -0.25) is 57.7 Å². The molecule has 30 heteroatoms. The zero-order valence-corrected chi connectivity index (χ0v) is 54.5. The maximum atomic E-state index is 15.5. The van der Waals surface area contributed by atoms with Crippen molar-refractivity contribution in [2.24, 2.45) is 44.9 Å². The summed E-state index contributed by atoms with van der Waals surface area (Å²) in [5, 5.41) is 71.3. The summed E-state index contributed by atoms with van der Waals surface area (Å²) in [7, 11) is 0. The first-order valence-electron chi connectivity index (χ1n) is 30.7. The van der Waals surface area contributed by atoms with Crippen LogP contribution >= 0.6 is 0 Å². The molecule has 92 heavy (non-hydrogen) atoms. The summed E-state index contributed by atoms with van der Waals surface area (Å²) in [5.74, 6) is -13.2. The largest absolute Gasteiger partial charge is 0.394 e. The molecule has 1 fully saturated rings. The van der Waals surface area contributed by atoms with E-state index in [-0.39, 0.29) is 62.5 Å². The normalized spacial score (nSPS) is 24.0. The molecule has 1 heterocycles. The van der Waals surface area contributed by atoms with Crippen LogP contribution in [0.15, 0.2) is 65.7 Å². The number of rotatable bonds is 20. The first-order chi connectivity index (χ1) is 42.9. The Kier molecular flexibility index (Phi) is 31.0. The lowest BCUT2D eigenvalue weighted by atomic mass is 9.86. The Morgan fingerprint density at radius 2 is 1.10 bits per heavy atom. The van der Waals surface area contributed by atoms with Crippen LogP contribution in [0.1, 0.15) is 125 Å². The van der Waals surface area contributed by atoms with Crippen molar-refractivity contribution in [1.29, 1.82) is 0 Å². The van der Waals surface area contributed by atoms with Crippen LogP contribution in [-0.2, 0) is 59.2 Å². The van der Waals surface area contributed by atoms with Crippen LogP contribution in [0, 0.1) is 22.7 Å². The number of aliphatic imine (C=N–C) groups is 1. The number of aliphatic hydroxyl groups excluding tert-OH is 4. The highest BCUT2D eigenvalue weighted by Crippen LogP contribution is 2.25. The summed E-state index contributed by atoms with van der Waals surface area (Å²) in [5.41, 5.74) is 17.0. The average molecular weight is 1290 g/mol. The third-order valence-corrected chi connectivity index (χ3v) is 14.6. The van der Waals surface area contributed by atoms with Gasteiger partial charge in [-0.15, -0.1) is 0 Å². The fourth-order valence-corrected chi connectivity index (χ4v) is 9.80. The molecule has 2 aromatic rings. The summed E-state index contributed by atoms with van der Waals surface area (Å²) >= 11 is 0. The molecule has 0 aliphatic carbocycles. The Morgan fingerprint density at radius 3 is 1.64 bits per heavy atom. The molecular weight excluding hydrogens is 1190 g/mol. The van der Waals surface area contributed by atoms with Crippen LogP contribution in [0.2, 0.25) is 0 Å². The number of nitrogens with two attached hydrogens (primary N) is 3. The minimum atomic E-state index is -2.04. The number of amides is 11. The molecule has 1 saturated heterocycles. The Hall–Kier alpha value is -8.32. The van der Waals surface area contributed by atoms with Gasteiger partial charge in [-0.25, -0.2) is 0 Å². The van der Waals surface area contributed by atoms with E-state index in [1.807, 2.05) is 20.8 Å². The summed E-state index contributed by atoms with van der Waals surface area (Å²) in [4.78, 5) is 162. The number of nitrogens with one attached hydrogen (secondary N) is 11. The number of hydrogen-bond donors (Lipinski definition) is 18. The number of nitrogens with zero attached hydrogens (tertiary/aromatic N) is 1. The average Bonchev–Trinajstić information content (AvgIpc) is 1.03. The summed E-state index contributed by atoms with van der Waals surface area (Å²) in [6, 6.07) is -2.68. The lowest BCUT2D eigenvalue weighted by Crippen LogP contribution is -2.65. The summed E-state index contributed by atoms with van der Waals surface area (Å²) in [6.45, 7) is 15.3. The van der Waals surface area contributed by atoms with Gasteiger partial charge in [-0.2, -0.15) is 0 Å². The second-order valence-corrected chi connectivity index (χ2v) is 26.2. The molecule has 0 spiro atoms. The van der Waals surface area contributed by atoms with Gasteiger partial charge in [-0.1, -0.05) is 130 Å². The SMILES string of the molecule is CC(C)C[C@@H]1NC(=O)[C@H]([C@H](O)C(C)C)NC(=O)[C@@H](NC(=O)[C@H](CC(C)(C)C)NC(=O)[C@H](N)CC(C)(C)C)[C@@H](c2ccccc2)NC(=O)C(CO)NC(=O)[C@H](CO)NC(=O)CNC(=O)[C@H]([C@H](C)O)NC(=O)[C@H](Cc2ccccc2)NC(=O)[C@@H](CCCN=C(N)N)NC1=O.